The second-order valence-electron chi connectivity index (χ2n) is 6.13. The molecular formula is C21H19ClFNO4S. The van der Waals surface area contributed by atoms with Gasteiger partial charge in [-0.2, -0.15) is 0 Å². The highest BCUT2D eigenvalue weighted by Crippen LogP contribution is 2.34. The fourth-order valence-corrected chi connectivity index (χ4v) is 4.36. The summed E-state index contributed by atoms with van der Waals surface area (Å²) in [6.07, 6.45) is 0. The zero-order chi connectivity index (χ0) is 21.0. The second-order valence-corrected chi connectivity index (χ2v) is 8.43. The molecule has 0 aromatic heterocycles. The maximum absolute atomic E-state index is 13.4. The summed E-state index contributed by atoms with van der Waals surface area (Å²) in [5.74, 6) is 0.467. The van der Waals surface area contributed by atoms with Crippen LogP contribution in [-0.4, -0.2) is 22.6 Å². The Morgan fingerprint density at radius 3 is 2.10 bits per heavy atom. The van der Waals surface area contributed by atoms with E-state index in [0.717, 1.165) is 0 Å². The third-order valence-corrected chi connectivity index (χ3v) is 6.34. The minimum absolute atomic E-state index is 0.000717. The van der Waals surface area contributed by atoms with Gasteiger partial charge in [-0.1, -0.05) is 23.7 Å². The average Bonchev–Trinajstić information content (AvgIpc) is 2.73. The quantitative estimate of drug-likeness (QED) is 0.530. The van der Waals surface area contributed by atoms with E-state index in [1.807, 2.05) is 0 Å². The molecule has 0 atom stereocenters. The number of ether oxygens (including phenoxy) is 2. The fourth-order valence-electron chi connectivity index (χ4n) is 2.78. The molecule has 8 heteroatoms. The van der Waals surface area contributed by atoms with Crippen molar-refractivity contribution in [2.45, 2.75) is 11.4 Å². The predicted octanol–water partition coefficient (Wildman–Crippen LogP) is 4.89. The molecule has 0 aliphatic heterocycles. The van der Waals surface area contributed by atoms with Gasteiger partial charge >= 0.3 is 0 Å². The first-order valence-electron chi connectivity index (χ1n) is 8.60. The van der Waals surface area contributed by atoms with E-state index in [1.54, 1.807) is 30.3 Å². The van der Waals surface area contributed by atoms with Gasteiger partial charge in [-0.3, -0.25) is 4.31 Å². The molecular weight excluding hydrogens is 417 g/mol. The molecule has 0 heterocycles. The molecule has 0 saturated heterocycles. The molecule has 152 valence electrons. The first kappa shape index (κ1) is 21.0. The number of anilines is 1. The van der Waals surface area contributed by atoms with Gasteiger partial charge in [-0.25, -0.2) is 12.8 Å². The van der Waals surface area contributed by atoms with Gasteiger partial charge in [-0.15, -0.1) is 0 Å². The molecule has 0 fully saturated rings. The topological polar surface area (TPSA) is 55.8 Å². The number of benzene rings is 3. The lowest BCUT2D eigenvalue weighted by molar-refractivity contribution is 0.355. The number of halogens is 2. The maximum Gasteiger partial charge on any atom is 0.264 e. The first-order valence-corrected chi connectivity index (χ1v) is 10.4. The zero-order valence-electron chi connectivity index (χ0n) is 15.8. The maximum atomic E-state index is 13.4. The number of sulfonamides is 1. The van der Waals surface area contributed by atoms with Crippen molar-refractivity contribution < 1.29 is 22.3 Å². The average molecular weight is 436 g/mol. The number of methoxy groups -OCH3 is 2. The van der Waals surface area contributed by atoms with E-state index in [0.29, 0.717) is 27.8 Å². The van der Waals surface area contributed by atoms with Crippen molar-refractivity contribution in [3.05, 3.63) is 83.1 Å². The van der Waals surface area contributed by atoms with Crippen molar-refractivity contribution in [2.24, 2.45) is 0 Å². The van der Waals surface area contributed by atoms with Crippen LogP contribution in [0.3, 0.4) is 0 Å². The standard InChI is InChI=1S/C21H19ClFNO4S/c1-27-20-12-9-18(13-21(20)28-2)24(14-15-3-7-17(23)8-4-15)29(25,26)19-10-5-16(22)6-11-19/h3-13H,14H2,1-2H3. The first-order chi connectivity index (χ1) is 13.8. The van der Waals surface area contributed by atoms with Gasteiger partial charge in [0.1, 0.15) is 5.82 Å². The van der Waals surface area contributed by atoms with E-state index in [-0.39, 0.29) is 11.4 Å². The molecule has 0 spiro atoms. The van der Waals surface area contributed by atoms with Crippen LogP contribution >= 0.6 is 11.6 Å². The van der Waals surface area contributed by atoms with E-state index in [2.05, 4.69) is 0 Å². The van der Waals surface area contributed by atoms with Gasteiger partial charge in [0, 0.05) is 11.1 Å². The molecule has 0 aliphatic rings. The van der Waals surface area contributed by atoms with Crippen molar-refractivity contribution in [3.63, 3.8) is 0 Å². The Bertz CT molecular complexity index is 1090. The molecule has 0 bridgehead atoms. The SMILES string of the molecule is COc1ccc(N(Cc2ccc(F)cc2)S(=O)(=O)c2ccc(Cl)cc2)cc1OC. The smallest absolute Gasteiger partial charge is 0.264 e. The Hall–Kier alpha value is -2.77. The second kappa shape index (κ2) is 8.71. The number of rotatable bonds is 7. The van der Waals surface area contributed by atoms with Crippen LogP contribution in [0.1, 0.15) is 5.56 Å². The highest BCUT2D eigenvalue weighted by Gasteiger charge is 2.26. The lowest BCUT2D eigenvalue weighted by Crippen LogP contribution is -2.30. The summed E-state index contributed by atoms with van der Waals surface area (Å²) >= 11 is 5.90. The monoisotopic (exact) mass is 435 g/mol. The van der Waals surface area contributed by atoms with Crippen molar-refractivity contribution >= 4 is 27.3 Å². The summed E-state index contributed by atoms with van der Waals surface area (Å²) in [7, 11) is -0.969. The van der Waals surface area contributed by atoms with Gasteiger partial charge in [-0.05, 0) is 54.1 Å². The third-order valence-electron chi connectivity index (χ3n) is 4.30. The van der Waals surface area contributed by atoms with Crippen LogP contribution in [0.15, 0.2) is 71.6 Å². The summed E-state index contributed by atoms with van der Waals surface area (Å²) in [6, 6.07) is 16.4. The van der Waals surface area contributed by atoms with Crippen molar-refractivity contribution in [1.29, 1.82) is 0 Å². The molecule has 0 saturated carbocycles. The Morgan fingerprint density at radius 1 is 0.897 bits per heavy atom. The van der Waals surface area contributed by atoms with Crippen LogP contribution in [0, 0.1) is 5.82 Å². The molecule has 5 nitrogen and oxygen atoms in total. The van der Waals surface area contributed by atoms with E-state index in [4.69, 9.17) is 21.1 Å². The van der Waals surface area contributed by atoms with Gasteiger partial charge in [0.2, 0.25) is 0 Å². The minimum Gasteiger partial charge on any atom is -0.493 e. The van der Waals surface area contributed by atoms with Gasteiger partial charge in [0.05, 0.1) is 31.3 Å². The summed E-state index contributed by atoms with van der Waals surface area (Å²) in [6.45, 7) is 0.000717. The van der Waals surface area contributed by atoms with E-state index in [9.17, 15) is 12.8 Å². The van der Waals surface area contributed by atoms with Gasteiger partial charge in [0.15, 0.2) is 11.5 Å². The van der Waals surface area contributed by atoms with Gasteiger partial charge in [0.25, 0.3) is 10.0 Å². The molecule has 3 rings (SSSR count). The molecule has 0 aliphatic carbocycles. The number of hydrogen-bond acceptors (Lipinski definition) is 4. The predicted molar refractivity (Wildman–Crippen MR) is 111 cm³/mol. The number of nitrogens with zero attached hydrogens (tertiary/aromatic N) is 1. The molecule has 0 radical (unpaired) electrons. The lowest BCUT2D eigenvalue weighted by atomic mass is 10.2. The summed E-state index contributed by atoms with van der Waals surface area (Å²) in [4.78, 5) is 0.0822. The largest absolute Gasteiger partial charge is 0.493 e. The van der Waals surface area contributed by atoms with Crippen molar-refractivity contribution in [3.8, 4) is 11.5 Å². The lowest BCUT2D eigenvalue weighted by Gasteiger charge is -2.25. The molecule has 3 aromatic rings. The Labute approximate surface area is 174 Å². The Kier molecular flexibility index (Phi) is 6.30. The molecule has 3 aromatic carbocycles. The van der Waals surface area contributed by atoms with E-state index < -0.39 is 15.8 Å². The van der Waals surface area contributed by atoms with Crippen LogP contribution in [-0.2, 0) is 16.6 Å². The van der Waals surface area contributed by atoms with Crippen molar-refractivity contribution in [1.82, 2.24) is 0 Å². The highest BCUT2D eigenvalue weighted by molar-refractivity contribution is 7.92. The third kappa shape index (κ3) is 4.63. The zero-order valence-corrected chi connectivity index (χ0v) is 17.4. The van der Waals surface area contributed by atoms with Crippen molar-refractivity contribution in [2.75, 3.05) is 18.5 Å². The summed E-state index contributed by atoms with van der Waals surface area (Å²) < 4.78 is 51.9. The molecule has 0 N–H and O–H groups in total. The number of hydrogen-bond donors (Lipinski definition) is 0. The van der Waals surface area contributed by atoms with E-state index in [1.165, 1.54) is 54.9 Å². The molecule has 0 amide bonds. The molecule has 29 heavy (non-hydrogen) atoms. The Balaban J connectivity index is 2.10. The van der Waals surface area contributed by atoms with Crippen LogP contribution in [0.2, 0.25) is 5.02 Å². The van der Waals surface area contributed by atoms with Crippen LogP contribution in [0.25, 0.3) is 0 Å². The molecule has 0 unspecified atom stereocenters. The Morgan fingerprint density at radius 2 is 1.52 bits per heavy atom. The van der Waals surface area contributed by atoms with Crippen LogP contribution < -0.4 is 13.8 Å². The van der Waals surface area contributed by atoms with E-state index >= 15 is 0 Å². The van der Waals surface area contributed by atoms with Crippen LogP contribution in [0.5, 0.6) is 11.5 Å². The fraction of sp³-hybridized carbons (Fsp3) is 0.143. The van der Waals surface area contributed by atoms with Crippen LogP contribution in [0.4, 0.5) is 10.1 Å². The summed E-state index contributed by atoms with van der Waals surface area (Å²) in [5, 5.41) is 0.431. The van der Waals surface area contributed by atoms with Gasteiger partial charge < -0.3 is 9.47 Å². The highest BCUT2D eigenvalue weighted by atomic mass is 35.5. The summed E-state index contributed by atoms with van der Waals surface area (Å²) in [5.41, 5.74) is 1.00. The minimum atomic E-state index is -3.94. The normalized spacial score (nSPS) is 11.2.